The number of aromatic nitrogens is 3. The SMILES string of the molecule is c1csc(CNC[C@H]2Cn3c(-c4ccc5c(c4)OCCO5)cnc3CO2)n1. The number of imidazole rings is 1. The lowest BCUT2D eigenvalue weighted by Crippen LogP contribution is -2.36. The molecule has 1 aromatic carbocycles. The van der Waals surface area contributed by atoms with Crippen molar-refractivity contribution < 1.29 is 14.2 Å². The first kappa shape index (κ1) is 16.7. The second kappa shape index (κ2) is 7.30. The Labute approximate surface area is 160 Å². The quantitative estimate of drug-likeness (QED) is 0.729. The van der Waals surface area contributed by atoms with Crippen LogP contribution in [-0.4, -0.2) is 40.4 Å². The summed E-state index contributed by atoms with van der Waals surface area (Å²) in [4.78, 5) is 8.83. The molecule has 2 aliphatic heterocycles. The highest BCUT2D eigenvalue weighted by Gasteiger charge is 2.23. The molecule has 3 aromatic rings. The molecule has 0 bridgehead atoms. The molecule has 8 heteroatoms. The first-order valence-electron chi connectivity index (χ1n) is 9.02. The van der Waals surface area contributed by atoms with E-state index in [4.69, 9.17) is 14.2 Å². The molecule has 1 atom stereocenters. The van der Waals surface area contributed by atoms with Gasteiger partial charge in [0.15, 0.2) is 11.5 Å². The number of hydrogen-bond donors (Lipinski definition) is 1. The number of benzene rings is 1. The van der Waals surface area contributed by atoms with Crippen molar-refractivity contribution in [2.45, 2.75) is 25.8 Å². The van der Waals surface area contributed by atoms with Crippen LogP contribution in [0.3, 0.4) is 0 Å². The number of nitrogens with zero attached hydrogens (tertiary/aromatic N) is 3. The smallest absolute Gasteiger partial charge is 0.162 e. The molecule has 7 nitrogen and oxygen atoms in total. The van der Waals surface area contributed by atoms with Crippen LogP contribution < -0.4 is 14.8 Å². The number of fused-ring (bicyclic) bond motifs is 2. The number of ether oxygens (including phenoxy) is 3. The minimum absolute atomic E-state index is 0.0997. The molecular formula is C19H20N4O3S. The van der Waals surface area contributed by atoms with Crippen LogP contribution in [0.5, 0.6) is 11.5 Å². The van der Waals surface area contributed by atoms with E-state index in [0.717, 1.165) is 53.2 Å². The number of hydrogen-bond acceptors (Lipinski definition) is 7. The molecule has 2 aromatic heterocycles. The molecule has 0 amide bonds. The Balaban J connectivity index is 1.31. The molecule has 1 N–H and O–H groups in total. The molecule has 0 radical (unpaired) electrons. The first-order valence-corrected chi connectivity index (χ1v) is 9.90. The second-order valence-corrected chi connectivity index (χ2v) is 7.50. The summed E-state index contributed by atoms with van der Waals surface area (Å²) < 4.78 is 19.5. The minimum Gasteiger partial charge on any atom is -0.486 e. The van der Waals surface area contributed by atoms with E-state index in [9.17, 15) is 0 Å². The summed E-state index contributed by atoms with van der Waals surface area (Å²) in [6, 6.07) is 6.06. The van der Waals surface area contributed by atoms with Gasteiger partial charge in [-0.15, -0.1) is 11.3 Å². The van der Waals surface area contributed by atoms with Crippen molar-refractivity contribution in [3.63, 3.8) is 0 Å². The normalized spacial score (nSPS) is 18.3. The molecule has 0 spiro atoms. The Bertz CT molecular complexity index is 925. The van der Waals surface area contributed by atoms with Crippen LogP contribution >= 0.6 is 11.3 Å². The maximum atomic E-state index is 5.96. The van der Waals surface area contributed by atoms with Gasteiger partial charge in [-0.2, -0.15) is 0 Å². The molecule has 0 saturated carbocycles. The summed E-state index contributed by atoms with van der Waals surface area (Å²) in [7, 11) is 0. The number of nitrogens with one attached hydrogen (secondary N) is 1. The summed E-state index contributed by atoms with van der Waals surface area (Å²) in [5.74, 6) is 2.55. The fraction of sp³-hybridized carbons (Fsp3) is 0.368. The largest absolute Gasteiger partial charge is 0.486 e. The topological polar surface area (TPSA) is 70.4 Å². The minimum atomic E-state index is 0.0997. The van der Waals surface area contributed by atoms with Gasteiger partial charge in [-0.25, -0.2) is 9.97 Å². The van der Waals surface area contributed by atoms with Gasteiger partial charge < -0.3 is 24.1 Å². The summed E-state index contributed by atoms with van der Waals surface area (Å²) in [6.45, 7) is 4.02. The van der Waals surface area contributed by atoms with Crippen LogP contribution in [0.2, 0.25) is 0 Å². The fourth-order valence-electron chi connectivity index (χ4n) is 3.42. The van der Waals surface area contributed by atoms with E-state index >= 15 is 0 Å². The Morgan fingerprint density at radius 2 is 2.11 bits per heavy atom. The highest BCUT2D eigenvalue weighted by molar-refractivity contribution is 7.09. The lowest BCUT2D eigenvalue weighted by molar-refractivity contribution is 0.00325. The van der Waals surface area contributed by atoms with Gasteiger partial charge in [0.1, 0.15) is 30.7 Å². The van der Waals surface area contributed by atoms with Crippen LogP contribution in [0, 0.1) is 0 Å². The van der Waals surface area contributed by atoms with Gasteiger partial charge in [0.2, 0.25) is 0 Å². The highest BCUT2D eigenvalue weighted by atomic mass is 32.1. The average molecular weight is 384 g/mol. The van der Waals surface area contributed by atoms with Gasteiger partial charge >= 0.3 is 0 Å². The zero-order chi connectivity index (χ0) is 18.1. The first-order chi connectivity index (χ1) is 13.4. The Kier molecular flexibility index (Phi) is 4.52. The molecule has 2 aliphatic rings. The van der Waals surface area contributed by atoms with Gasteiger partial charge in [0.05, 0.1) is 24.5 Å². The molecule has 5 rings (SSSR count). The van der Waals surface area contributed by atoms with Gasteiger partial charge in [-0.1, -0.05) is 0 Å². The molecule has 0 aliphatic carbocycles. The van der Waals surface area contributed by atoms with E-state index in [2.05, 4.69) is 25.9 Å². The van der Waals surface area contributed by atoms with Crippen LogP contribution in [0.15, 0.2) is 36.0 Å². The van der Waals surface area contributed by atoms with E-state index in [-0.39, 0.29) is 6.10 Å². The summed E-state index contributed by atoms with van der Waals surface area (Å²) in [5.41, 5.74) is 2.16. The van der Waals surface area contributed by atoms with Crippen molar-refractivity contribution in [1.29, 1.82) is 0 Å². The van der Waals surface area contributed by atoms with E-state index in [1.807, 2.05) is 29.9 Å². The number of thiazole rings is 1. The number of rotatable bonds is 5. The van der Waals surface area contributed by atoms with E-state index < -0.39 is 0 Å². The molecule has 0 saturated heterocycles. The second-order valence-electron chi connectivity index (χ2n) is 6.52. The zero-order valence-corrected chi connectivity index (χ0v) is 15.6. The lowest BCUT2D eigenvalue weighted by Gasteiger charge is -2.26. The third-order valence-corrected chi connectivity index (χ3v) is 5.52. The zero-order valence-electron chi connectivity index (χ0n) is 14.8. The molecule has 140 valence electrons. The van der Waals surface area contributed by atoms with E-state index in [1.54, 1.807) is 11.3 Å². The predicted octanol–water partition coefficient (Wildman–Crippen LogP) is 2.47. The van der Waals surface area contributed by atoms with Crippen LogP contribution in [0.4, 0.5) is 0 Å². The van der Waals surface area contributed by atoms with Crippen molar-refractivity contribution in [2.75, 3.05) is 19.8 Å². The van der Waals surface area contributed by atoms with Crippen LogP contribution in [0.1, 0.15) is 10.8 Å². The molecule has 0 unspecified atom stereocenters. The highest BCUT2D eigenvalue weighted by Crippen LogP contribution is 2.35. The van der Waals surface area contributed by atoms with Crippen molar-refractivity contribution >= 4 is 11.3 Å². The van der Waals surface area contributed by atoms with Gasteiger partial charge in [-0.05, 0) is 18.2 Å². The maximum absolute atomic E-state index is 5.96. The van der Waals surface area contributed by atoms with Crippen molar-refractivity contribution in [3.8, 4) is 22.8 Å². The van der Waals surface area contributed by atoms with E-state index in [1.165, 1.54) is 0 Å². The van der Waals surface area contributed by atoms with Crippen molar-refractivity contribution in [3.05, 3.63) is 46.8 Å². The van der Waals surface area contributed by atoms with Crippen molar-refractivity contribution in [1.82, 2.24) is 19.9 Å². The molecule has 4 heterocycles. The van der Waals surface area contributed by atoms with Gasteiger partial charge in [-0.3, -0.25) is 0 Å². The Morgan fingerprint density at radius 1 is 1.19 bits per heavy atom. The predicted molar refractivity (Wildman–Crippen MR) is 101 cm³/mol. The molecule has 27 heavy (non-hydrogen) atoms. The average Bonchev–Trinajstić information content (AvgIpc) is 3.37. The summed E-state index contributed by atoms with van der Waals surface area (Å²) in [5, 5.41) is 6.51. The van der Waals surface area contributed by atoms with Gasteiger partial charge in [0.25, 0.3) is 0 Å². The Morgan fingerprint density at radius 3 is 3.00 bits per heavy atom. The monoisotopic (exact) mass is 384 g/mol. The third-order valence-electron chi connectivity index (χ3n) is 4.74. The summed E-state index contributed by atoms with van der Waals surface area (Å²) in [6.07, 6.45) is 3.84. The molecule has 0 fully saturated rings. The lowest BCUT2D eigenvalue weighted by atomic mass is 10.1. The Hall–Kier alpha value is -2.42. The fourth-order valence-corrected chi connectivity index (χ4v) is 4.00. The van der Waals surface area contributed by atoms with Gasteiger partial charge in [0, 0.05) is 30.2 Å². The van der Waals surface area contributed by atoms with Crippen LogP contribution in [0.25, 0.3) is 11.3 Å². The summed E-state index contributed by atoms with van der Waals surface area (Å²) >= 11 is 1.66. The van der Waals surface area contributed by atoms with Crippen molar-refractivity contribution in [2.24, 2.45) is 0 Å². The molecular weight excluding hydrogens is 364 g/mol. The van der Waals surface area contributed by atoms with E-state index in [0.29, 0.717) is 19.8 Å². The van der Waals surface area contributed by atoms with Crippen LogP contribution in [-0.2, 0) is 24.4 Å². The third kappa shape index (κ3) is 3.43. The maximum Gasteiger partial charge on any atom is 0.162 e. The standard InChI is InChI=1S/C19H20N4O3S/c1-2-16-17(25-5-4-24-16)7-13(1)15-9-22-18-12-26-14(11-23(15)18)8-20-10-19-21-3-6-27-19/h1-3,6-7,9,14,20H,4-5,8,10-12H2/t14-/m0/s1.